The molecular formula is C31H29F7O4. The van der Waals surface area contributed by atoms with Crippen molar-refractivity contribution in [2.75, 3.05) is 13.2 Å². The average Bonchev–Trinajstić information content (AvgIpc) is 2.94. The van der Waals surface area contributed by atoms with Gasteiger partial charge in [0.25, 0.3) is 0 Å². The first-order valence-electron chi connectivity index (χ1n) is 13.6. The summed E-state index contributed by atoms with van der Waals surface area (Å²) in [5.41, 5.74) is 2.80. The average molecular weight is 599 g/mol. The van der Waals surface area contributed by atoms with Crippen LogP contribution in [0, 0.1) is 23.5 Å². The maximum absolute atomic E-state index is 15.2. The lowest BCUT2D eigenvalue weighted by Crippen LogP contribution is -2.37. The van der Waals surface area contributed by atoms with Gasteiger partial charge in [0.1, 0.15) is 11.6 Å². The Morgan fingerprint density at radius 3 is 1.95 bits per heavy atom. The monoisotopic (exact) mass is 598 g/mol. The largest absolute Gasteiger partial charge is 0.573 e. The molecule has 1 aliphatic carbocycles. The first kappa shape index (κ1) is 30.2. The molecule has 226 valence electrons. The van der Waals surface area contributed by atoms with Crippen LogP contribution >= 0.6 is 0 Å². The van der Waals surface area contributed by atoms with Crippen LogP contribution in [0.3, 0.4) is 0 Å². The molecule has 3 aromatic rings. The van der Waals surface area contributed by atoms with E-state index in [1.165, 1.54) is 6.07 Å². The van der Waals surface area contributed by atoms with E-state index >= 15 is 4.39 Å². The van der Waals surface area contributed by atoms with E-state index in [9.17, 15) is 26.3 Å². The molecule has 11 heteroatoms. The molecule has 0 amide bonds. The van der Waals surface area contributed by atoms with Gasteiger partial charge in [0.2, 0.25) is 0 Å². The second-order valence-electron chi connectivity index (χ2n) is 10.8. The zero-order valence-corrected chi connectivity index (χ0v) is 22.6. The lowest BCUT2D eigenvalue weighted by Gasteiger charge is -2.33. The minimum Gasteiger partial charge on any atom is -0.432 e. The lowest BCUT2D eigenvalue weighted by atomic mass is 9.77. The number of benzene rings is 3. The minimum absolute atomic E-state index is 0.0160. The molecule has 5 rings (SSSR count). The van der Waals surface area contributed by atoms with Crippen molar-refractivity contribution >= 4 is 0 Å². The zero-order chi connectivity index (χ0) is 30.1. The predicted molar refractivity (Wildman–Crippen MR) is 139 cm³/mol. The molecule has 1 aliphatic heterocycles. The number of hydrogen-bond acceptors (Lipinski definition) is 4. The van der Waals surface area contributed by atoms with Crippen molar-refractivity contribution in [2.45, 2.75) is 57.3 Å². The van der Waals surface area contributed by atoms with Crippen LogP contribution in [0.15, 0.2) is 60.7 Å². The van der Waals surface area contributed by atoms with Crippen molar-refractivity contribution in [3.63, 3.8) is 0 Å². The van der Waals surface area contributed by atoms with Crippen molar-refractivity contribution in [2.24, 2.45) is 11.8 Å². The van der Waals surface area contributed by atoms with Crippen LogP contribution in [0.2, 0.25) is 0 Å². The molecule has 0 spiro atoms. The number of hydrogen-bond donors (Lipinski definition) is 0. The van der Waals surface area contributed by atoms with E-state index in [1.807, 2.05) is 31.2 Å². The normalized spacial score (nSPS) is 23.4. The molecule has 1 heterocycles. The van der Waals surface area contributed by atoms with Crippen molar-refractivity contribution < 1.29 is 49.7 Å². The molecule has 3 aromatic carbocycles. The Balaban J connectivity index is 1.18. The minimum atomic E-state index is -5.13. The van der Waals surface area contributed by atoms with Gasteiger partial charge in [-0.05, 0) is 66.5 Å². The smallest absolute Gasteiger partial charge is 0.432 e. The molecule has 0 aromatic heterocycles. The van der Waals surface area contributed by atoms with Gasteiger partial charge in [-0.2, -0.15) is 8.78 Å². The topological polar surface area (TPSA) is 36.9 Å². The summed E-state index contributed by atoms with van der Waals surface area (Å²) in [6.45, 7) is 3.27. The lowest BCUT2D eigenvalue weighted by molar-refractivity contribution is -0.275. The van der Waals surface area contributed by atoms with E-state index in [2.05, 4.69) is 9.47 Å². The number of rotatable bonds is 7. The highest BCUT2D eigenvalue weighted by atomic mass is 19.4. The summed E-state index contributed by atoms with van der Waals surface area (Å²) in [5.74, 6) is -4.85. The van der Waals surface area contributed by atoms with Gasteiger partial charge in [-0.25, -0.2) is 8.78 Å². The standard InChI is InChI=1S/C31H29F7O4/c1-18-16-39-29(40-17-18)21-4-2-19(3-5-21)22-8-12-25(26(32)14-22)20-6-9-23(10-7-20)30(34,35)41-24-11-13-28(27(33)15-24)42-31(36,37)38/h2-5,8,11-15,18,20,23,29H,6-7,9-10,16-17H2,1H3. The zero-order valence-electron chi connectivity index (χ0n) is 22.6. The van der Waals surface area contributed by atoms with E-state index in [1.54, 1.807) is 12.1 Å². The molecule has 1 saturated carbocycles. The first-order chi connectivity index (χ1) is 19.9. The van der Waals surface area contributed by atoms with E-state index < -0.39 is 47.8 Å². The summed E-state index contributed by atoms with van der Waals surface area (Å²) in [4.78, 5) is 0. The summed E-state index contributed by atoms with van der Waals surface area (Å²) in [5, 5.41) is 0. The SMILES string of the molecule is CC1COC(c2ccc(-c3ccc(C4CCC(C(F)(F)Oc5ccc(OC(F)(F)F)c(F)c5)CC4)c(F)c3)cc2)OC1. The fourth-order valence-electron chi connectivity index (χ4n) is 5.40. The number of halogens is 7. The Bertz CT molecular complexity index is 1360. The highest BCUT2D eigenvalue weighted by molar-refractivity contribution is 5.64. The van der Waals surface area contributed by atoms with Crippen molar-refractivity contribution in [1.29, 1.82) is 0 Å². The Hall–Kier alpha value is -3.31. The maximum atomic E-state index is 15.2. The summed E-state index contributed by atoms with van der Waals surface area (Å²) in [6.07, 6.45) is -8.67. The second-order valence-corrected chi connectivity index (χ2v) is 10.8. The van der Waals surface area contributed by atoms with Crippen molar-refractivity contribution in [3.05, 3.63) is 83.4 Å². The summed E-state index contributed by atoms with van der Waals surface area (Å²) >= 11 is 0. The Morgan fingerprint density at radius 2 is 1.36 bits per heavy atom. The summed E-state index contributed by atoms with van der Waals surface area (Å²) in [6, 6.07) is 14.2. The number of alkyl halides is 5. The van der Waals surface area contributed by atoms with Gasteiger partial charge in [-0.3, -0.25) is 0 Å². The Kier molecular flexibility index (Phi) is 8.71. The molecule has 0 N–H and O–H groups in total. The predicted octanol–water partition coefficient (Wildman–Crippen LogP) is 9.16. The Morgan fingerprint density at radius 1 is 0.714 bits per heavy atom. The first-order valence-corrected chi connectivity index (χ1v) is 13.6. The van der Waals surface area contributed by atoms with E-state index in [4.69, 9.17) is 9.47 Å². The van der Waals surface area contributed by atoms with Crippen LogP contribution in [-0.2, 0) is 9.47 Å². The molecule has 0 bridgehead atoms. The molecule has 2 fully saturated rings. The second kappa shape index (κ2) is 12.1. The third-order valence-electron chi connectivity index (χ3n) is 7.61. The van der Waals surface area contributed by atoms with Crippen LogP contribution in [0.1, 0.15) is 55.9 Å². The molecule has 0 unspecified atom stereocenters. The van der Waals surface area contributed by atoms with Gasteiger partial charge in [0.05, 0.1) is 19.1 Å². The van der Waals surface area contributed by atoms with E-state index in [0.29, 0.717) is 42.4 Å². The molecule has 1 saturated heterocycles. The quantitative estimate of drug-likeness (QED) is 0.254. The number of ether oxygens (including phenoxy) is 4. The van der Waals surface area contributed by atoms with Crippen molar-refractivity contribution in [3.8, 4) is 22.6 Å². The third-order valence-corrected chi connectivity index (χ3v) is 7.61. The van der Waals surface area contributed by atoms with E-state index in [0.717, 1.165) is 17.2 Å². The van der Waals surface area contributed by atoms with Crippen molar-refractivity contribution in [1.82, 2.24) is 0 Å². The summed E-state index contributed by atoms with van der Waals surface area (Å²) < 4.78 is 115. The van der Waals surface area contributed by atoms with Crippen LogP contribution in [-0.4, -0.2) is 25.7 Å². The van der Waals surface area contributed by atoms with Gasteiger partial charge in [-0.15, -0.1) is 13.2 Å². The highest BCUT2D eigenvalue weighted by Crippen LogP contribution is 2.44. The van der Waals surface area contributed by atoms with Gasteiger partial charge in [0.15, 0.2) is 17.9 Å². The molecule has 4 nitrogen and oxygen atoms in total. The fraction of sp³-hybridized carbons (Fsp3) is 0.419. The van der Waals surface area contributed by atoms with Crippen LogP contribution in [0.5, 0.6) is 11.5 Å². The molecule has 0 radical (unpaired) electrons. The van der Waals surface area contributed by atoms with Crippen LogP contribution < -0.4 is 9.47 Å². The van der Waals surface area contributed by atoms with Gasteiger partial charge >= 0.3 is 12.5 Å². The highest BCUT2D eigenvalue weighted by Gasteiger charge is 2.44. The molecular weight excluding hydrogens is 569 g/mol. The molecule has 2 aliphatic rings. The fourth-order valence-corrected chi connectivity index (χ4v) is 5.40. The maximum Gasteiger partial charge on any atom is 0.573 e. The van der Waals surface area contributed by atoms with Gasteiger partial charge in [0, 0.05) is 17.5 Å². The van der Waals surface area contributed by atoms with Gasteiger partial charge in [-0.1, -0.05) is 43.3 Å². The summed E-state index contributed by atoms with van der Waals surface area (Å²) in [7, 11) is 0. The molecule has 0 atom stereocenters. The molecule has 42 heavy (non-hydrogen) atoms. The van der Waals surface area contributed by atoms with E-state index in [-0.39, 0.29) is 31.6 Å². The Labute approximate surface area is 238 Å². The third kappa shape index (κ3) is 7.18. The van der Waals surface area contributed by atoms with Gasteiger partial charge < -0.3 is 18.9 Å². The van der Waals surface area contributed by atoms with Crippen LogP contribution in [0.4, 0.5) is 30.7 Å². The van der Waals surface area contributed by atoms with Crippen LogP contribution in [0.25, 0.3) is 11.1 Å².